The summed E-state index contributed by atoms with van der Waals surface area (Å²) in [5, 5.41) is 6.98. The first-order valence-electron chi connectivity index (χ1n) is 9.87. The van der Waals surface area contributed by atoms with E-state index in [1.807, 2.05) is 0 Å². The molecule has 3 aromatic rings. The van der Waals surface area contributed by atoms with E-state index in [9.17, 15) is 18.0 Å². The molecule has 0 aliphatic rings. The molecule has 2 amide bonds. The van der Waals surface area contributed by atoms with Gasteiger partial charge in [0.15, 0.2) is 11.5 Å². The number of carbonyl (C=O) groups is 2. The van der Waals surface area contributed by atoms with Gasteiger partial charge in [-0.3, -0.25) is 9.59 Å². The van der Waals surface area contributed by atoms with Crippen LogP contribution in [-0.4, -0.2) is 33.6 Å². The molecule has 0 fully saturated rings. The zero-order valence-corrected chi connectivity index (χ0v) is 20.7. The normalized spacial score (nSPS) is 11.2. The minimum atomic E-state index is -4.22. The maximum atomic E-state index is 12.8. The van der Waals surface area contributed by atoms with Gasteiger partial charge in [0, 0.05) is 17.6 Å². The smallest absolute Gasteiger partial charge is 0.339 e. The Kier molecular flexibility index (Phi) is 8.34. The number of hydrazone groups is 1. The van der Waals surface area contributed by atoms with Crippen LogP contribution in [0.2, 0.25) is 10.0 Å². The van der Waals surface area contributed by atoms with Crippen molar-refractivity contribution in [3.63, 3.8) is 0 Å². The molecule has 0 atom stereocenters. The van der Waals surface area contributed by atoms with Crippen LogP contribution >= 0.6 is 23.2 Å². The molecule has 0 saturated heterocycles. The lowest BCUT2D eigenvalue weighted by Crippen LogP contribution is -2.18. The van der Waals surface area contributed by atoms with E-state index in [4.69, 9.17) is 32.1 Å². The van der Waals surface area contributed by atoms with Crippen LogP contribution < -0.4 is 19.7 Å². The summed E-state index contributed by atoms with van der Waals surface area (Å²) in [6, 6.07) is 14.4. The third-order valence-electron chi connectivity index (χ3n) is 4.41. The molecular weight excluding hydrogens is 517 g/mol. The van der Waals surface area contributed by atoms with Crippen LogP contribution in [0.15, 0.2) is 70.7 Å². The van der Waals surface area contributed by atoms with Crippen molar-refractivity contribution in [1.82, 2.24) is 5.43 Å². The molecule has 0 bridgehead atoms. The second-order valence-corrected chi connectivity index (χ2v) is 9.37. The molecule has 0 aromatic heterocycles. The predicted octanol–water partition coefficient (Wildman–Crippen LogP) is 4.49. The Morgan fingerprint density at radius 3 is 2.31 bits per heavy atom. The van der Waals surface area contributed by atoms with Gasteiger partial charge in [0.2, 0.25) is 5.91 Å². The van der Waals surface area contributed by atoms with Crippen molar-refractivity contribution in [2.75, 3.05) is 12.4 Å². The van der Waals surface area contributed by atoms with Crippen molar-refractivity contribution >= 4 is 57.0 Å². The first kappa shape index (κ1) is 26.0. The fraction of sp³-hybridized carbons (Fsp3) is 0.0870. The van der Waals surface area contributed by atoms with Crippen molar-refractivity contribution in [3.05, 3.63) is 81.8 Å². The summed E-state index contributed by atoms with van der Waals surface area (Å²) in [5.74, 6) is -0.766. The number of amides is 2. The summed E-state index contributed by atoms with van der Waals surface area (Å²) in [5.41, 5.74) is 3.37. The van der Waals surface area contributed by atoms with Crippen LogP contribution in [0.1, 0.15) is 22.8 Å². The van der Waals surface area contributed by atoms with Crippen LogP contribution in [0.5, 0.6) is 11.5 Å². The van der Waals surface area contributed by atoms with Gasteiger partial charge < -0.3 is 14.2 Å². The Balaban J connectivity index is 1.76. The number of rotatable bonds is 8. The summed E-state index contributed by atoms with van der Waals surface area (Å²) in [6.07, 6.45) is 1.29. The van der Waals surface area contributed by atoms with Crippen LogP contribution in [-0.2, 0) is 14.9 Å². The van der Waals surface area contributed by atoms with Gasteiger partial charge in [-0.25, -0.2) is 5.43 Å². The van der Waals surface area contributed by atoms with Gasteiger partial charge in [0.1, 0.15) is 4.90 Å². The standard InChI is InChI=1S/C23H19Cl2N3O6S/c1-14(29)27-17-5-7-18(8-6-17)35(31,32)34-22-11-15(3-10-21(22)33-2)13-26-28-23(30)19-9-4-16(24)12-20(19)25/h3-13H,1-2H3,(H,27,29)(H,28,30)/b26-13-. The van der Waals surface area contributed by atoms with Crippen molar-refractivity contribution in [1.29, 1.82) is 0 Å². The van der Waals surface area contributed by atoms with Crippen molar-refractivity contribution in [3.8, 4) is 11.5 Å². The lowest BCUT2D eigenvalue weighted by Gasteiger charge is -2.12. The lowest BCUT2D eigenvalue weighted by molar-refractivity contribution is -0.114. The van der Waals surface area contributed by atoms with Crippen LogP contribution in [0.4, 0.5) is 5.69 Å². The van der Waals surface area contributed by atoms with Gasteiger partial charge >= 0.3 is 10.1 Å². The van der Waals surface area contributed by atoms with Crippen LogP contribution in [0.3, 0.4) is 0 Å². The van der Waals surface area contributed by atoms with E-state index in [1.165, 1.54) is 74.8 Å². The second kappa shape index (κ2) is 11.2. The Labute approximate surface area is 211 Å². The highest BCUT2D eigenvalue weighted by Gasteiger charge is 2.19. The van der Waals surface area contributed by atoms with Crippen molar-refractivity contribution in [2.45, 2.75) is 11.8 Å². The summed E-state index contributed by atoms with van der Waals surface area (Å²) in [7, 11) is -2.86. The molecule has 0 heterocycles. The number of nitrogens with one attached hydrogen (secondary N) is 2. The molecule has 3 aromatic carbocycles. The molecule has 182 valence electrons. The summed E-state index contributed by atoms with van der Waals surface area (Å²) in [4.78, 5) is 23.3. The van der Waals surface area contributed by atoms with Gasteiger partial charge in [0.25, 0.3) is 5.91 Å². The highest BCUT2D eigenvalue weighted by molar-refractivity contribution is 7.87. The minimum absolute atomic E-state index is 0.0885. The first-order valence-corrected chi connectivity index (χ1v) is 12.0. The first-order chi connectivity index (χ1) is 16.6. The third-order valence-corrected chi connectivity index (χ3v) is 6.20. The molecule has 0 saturated carbocycles. The van der Waals surface area contributed by atoms with E-state index in [2.05, 4.69) is 15.8 Å². The zero-order valence-electron chi connectivity index (χ0n) is 18.4. The Hall–Kier alpha value is -3.60. The number of carbonyl (C=O) groups excluding carboxylic acids is 2. The van der Waals surface area contributed by atoms with E-state index in [0.29, 0.717) is 16.3 Å². The number of benzene rings is 3. The van der Waals surface area contributed by atoms with Crippen LogP contribution in [0, 0.1) is 0 Å². The molecule has 0 radical (unpaired) electrons. The topological polar surface area (TPSA) is 123 Å². The SMILES string of the molecule is COc1ccc(/C=N\NC(=O)c2ccc(Cl)cc2Cl)cc1OS(=O)(=O)c1ccc(NC(C)=O)cc1. The highest BCUT2D eigenvalue weighted by atomic mass is 35.5. The molecule has 0 spiro atoms. The number of nitrogens with zero attached hydrogens (tertiary/aromatic N) is 1. The number of methoxy groups -OCH3 is 1. The molecule has 12 heteroatoms. The third kappa shape index (κ3) is 6.95. The second-order valence-electron chi connectivity index (χ2n) is 6.98. The number of ether oxygens (including phenoxy) is 1. The summed E-state index contributed by atoms with van der Waals surface area (Å²) >= 11 is 11.8. The summed E-state index contributed by atoms with van der Waals surface area (Å²) < 4.78 is 36.0. The quantitative estimate of drug-likeness (QED) is 0.249. The zero-order chi connectivity index (χ0) is 25.6. The van der Waals surface area contributed by atoms with E-state index < -0.39 is 16.0 Å². The Morgan fingerprint density at radius 1 is 0.971 bits per heavy atom. The van der Waals surface area contributed by atoms with Gasteiger partial charge in [-0.05, 0) is 66.2 Å². The molecule has 2 N–H and O–H groups in total. The predicted molar refractivity (Wildman–Crippen MR) is 133 cm³/mol. The average molecular weight is 536 g/mol. The number of halogens is 2. The fourth-order valence-corrected chi connectivity index (χ4v) is 4.24. The average Bonchev–Trinajstić information content (AvgIpc) is 2.79. The summed E-state index contributed by atoms with van der Waals surface area (Å²) in [6.45, 7) is 1.34. The number of hydrogen-bond acceptors (Lipinski definition) is 7. The van der Waals surface area contributed by atoms with Gasteiger partial charge in [-0.2, -0.15) is 13.5 Å². The number of anilines is 1. The van der Waals surface area contributed by atoms with Crippen LogP contribution in [0.25, 0.3) is 0 Å². The van der Waals surface area contributed by atoms with E-state index >= 15 is 0 Å². The lowest BCUT2D eigenvalue weighted by atomic mass is 10.2. The molecule has 9 nitrogen and oxygen atoms in total. The molecule has 35 heavy (non-hydrogen) atoms. The fourth-order valence-electron chi connectivity index (χ4n) is 2.81. The van der Waals surface area contributed by atoms with Gasteiger partial charge in [0.05, 0.1) is 23.9 Å². The van der Waals surface area contributed by atoms with Gasteiger partial charge in [-0.1, -0.05) is 23.2 Å². The monoisotopic (exact) mass is 535 g/mol. The van der Waals surface area contributed by atoms with E-state index in [0.717, 1.165) is 0 Å². The molecule has 0 unspecified atom stereocenters. The molecule has 3 rings (SSSR count). The van der Waals surface area contributed by atoms with Crippen molar-refractivity contribution < 1.29 is 26.9 Å². The van der Waals surface area contributed by atoms with Crippen molar-refractivity contribution in [2.24, 2.45) is 5.10 Å². The molecular formula is C23H19Cl2N3O6S. The van der Waals surface area contributed by atoms with Gasteiger partial charge in [-0.15, -0.1) is 0 Å². The maximum Gasteiger partial charge on any atom is 0.339 e. The molecule has 0 aliphatic carbocycles. The van der Waals surface area contributed by atoms with E-state index in [1.54, 1.807) is 6.07 Å². The largest absolute Gasteiger partial charge is 0.493 e. The minimum Gasteiger partial charge on any atom is -0.493 e. The Morgan fingerprint density at radius 2 is 1.69 bits per heavy atom. The molecule has 0 aliphatic heterocycles. The highest BCUT2D eigenvalue weighted by Crippen LogP contribution is 2.31. The number of hydrogen-bond donors (Lipinski definition) is 2. The Bertz CT molecular complexity index is 1390. The van der Waals surface area contributed by atoms with E-state index in [-0.39, 0.29) is 32.9 Å². The maximum absolute atomic E-state index is 12.8.